The Labute approximate surface area is 117 Å². The van der Waals surface area contributed by atoms with Gasteiger partial charge in [0.1, 0.15) is 5.02 Å². The highest BCUT2D eigenvalue weighted by molar-refractivity contribution is 7.84. The molecule has 0 fully saturated rings. The first-order valence-electron chi connectivity index (χ1n) is 5.36. The molecule has 19 heavy (non-hydrogen) atoms. The van der Waals surface area contributed by atoms with Gasteiger partial charge in [-0.05, 0) is 13.0 Å². The van der Waals surface area contributed by atoms with Crippen molar-refractivity contribution in [2.75, 3.05) is 12.0 Å². The van der Waals surface area contributed by atoms with E-state index in [4.69, 9.17) is 11.6 Å². The molecule has 1 aromatic carbocycles. The quantitative estimate of drug-likeness (QED) is 0.663. The van der Waals surface area contributed by atoms with E-state index >= 15 is 0 Å². The Morgan fingerprint density at radius 2 is 2.21 bits per heavy atom. The number of nitrogens with zero attached hydrogens (tertiary/aromatic N) is 1. The number of benzene rings is 1. The summed E-state index contributed by atoms with van der Waals surface area (Å²) < 4.78 is 11.0. The number of nitrogens with one attached hydrogen (secondary N) is 1. The van der Waals surface area contributed by atoms with E-state index in [1.807, 2.05) is 0 Å². The van der Waals surface area contributed by atoms with Crippen LogP contribution in [0.2, 0.25) is 5.02 Å². The van der Waals surface area contributed by atoms with Gasteiger partial charge in [-0.1, -0.05) is 17.7 Å². The number of nitro benzene ring substituents is 1. The molecule has 2 unspecified atom stereocenters. The summed E-state index contributed by atoms with van der Waals surface area (Å²) in [5.41, 5.74) is -0.286. The van der Waals surface area contributed by atoms with Crippen LogP contribution in [0.25, 0.3) is 0 Å². The van der Waals surface area contributed by atoms with Crippen LogP contribution in [0.1, 0.15) is 17.3 Å². The van der Waals surface area contributed by atoms with Crippen molar-refractivity contribution in [3.63, 3.8) is 0 Å². The Bertz CT molecular complexity index is 535. The highest BCUT2D eigenvalue weighted by Gasteiger charge is 2.20. The number of amides is 1. The summed E-state index contributed by atoms with van der Waals surface area (Å²) in [7, 11) is -1.04. The molecular weight excluding hydrogens is 292 g/mol. The summed E-state index contributed by atoms with van der Waals surface area (Å²) >= 11 is 5.83. The molecule has 0 saturated carbocycles. The van der Waals surface area contributed by atoms with Gasteiger partial charge in [0.2, 0.25) is 0 Å². The van der Waals surface area contributed by atoms with E-state index in [9.17, 15) is 19.1 Å². The third kappa shape index (κ3) is 4.29. The number of carbonyl (C=O) groups excluding carboxylic acids is 1. The Hall–Kier alpha value is -1.47. The van der Waals surface area contributed by atoms with Crippen LogP contribution < -0.4 is 5.32 Å². The van der Waals surface area contributed by atoms with Gasteiger partial charge in [0, 0.05) is 34.9 Å². The second-order valence-corrected chi connectivity index (χ2v) is 5.87. The molecule has 1 aromatic rings. The smallest absolute Gasteiger partial charge is 0.288 e. The number of halogens is 1. The summed E-state index contributed by atoms with van der Waals surface area (Å²) in [6, 6.07) is 3.71. The van der Waals surface area contributed by atoms with E-state index in [1.165, 1.54) is 24.5 Å². The lowest BCUT2D eigenvalue weighted by molar-refractivity contribution is -0.384. The predicted octanol–water partition coefficient (Wildman–Crippen LogP) is 1.74. The Kier molecular flexibility index (Phi) is 5.44. The molecular formula is C11H13ClN2O4S. The normalized spacial score (nSPS) is 13.6. The van der Waals surface area contributed by atoms with Gasteiger partial charge >= 0.3 is 0 Å². The molecule has 0 aliphatic heterocycles. The minimum atomic E-state index is -1.04. The molecule has 6 nitrogen and oxygen atoms in total. The first-order valence-corrected chi connectivity index (χ1v) is 7.47. The molecule has 0 radical (unpaired) electrons. The molecule has 0 aliphatic carbocycles. The zero-order chi connectivity index (χ0) is 14.6. The van der Waals surface area contributed by atoms with E-state index in [0.29, 0.717) is 5.75 Å². The van der Waals surface area contributed by atoms with Gasteiger partial charge in [-0.15, -0.1) is 0 Å². The molecule has 1 N–H and O–H groups in total. The molecule has 2 atom stereocenters. The van der Waals surface area contributed by atoms with E-state index in [1.54, 1.807) is 6.92 Å². The monoisotopic (exact) mass is 304 g/mol. The molecule has 0 aromatic heterocycles. The van der Waals surface area contributed by atoms with Crippen LogP contribution in [0.4, 0.5) is 5.69 Å². The summed E-state index contributed by atoms with van der Waals surface area (Å²) in [5, 5.41) is 13.1. The fraction of sp³-hybridized carbons (Fsp3) is 0.364. The molecule has 0 heterocycles. The second kappa shape index (κ2) is 6.63. The minimum absolute atomic E-state index is 0.0320. The topological polar surface area (TPSA) is 89.3 Å². The van der Waals surface area contributed by atoms with E-state index in [0.717, 1.165) is 0 Å². The zero-order valence-corrected chi connectivity index (χ0v) is 12.0. The highest BCUT2D eigenvalue weighted by atomic mass is 35.5. The van der Waals surface area contributed by atoms with Gasteiger partial charge in [-0.25, -0.2) is 0 Å². The number of hydrogen-bond donors (Lipinski definition) is 1. The number of hydrogen-bond acceptors (Lipinski definition) is 4. The maximum absolute atomic E-state index is 11.9. The van der Waals surface area contributed by atoms with Crippen LogP contribution in [0, 0.1) is 10.1 Å². The molecule has 0 aliphatic rings. The van der Waals surface area contributed by atoms with Crippen molar-refractivity contribution in [2.45, 2.75) is 13.0 Å². The van der Waals surface area contributed by atoms with Crippen LogP contribution in [0.5, 0.6) is 0 Å². The molecule has 104 valence electrons. The minimum Gasteiger partial charge on any atom is -0.349 e. The second-order valence-electron chi connectivity index (χ2n) is 4.01. The van der Waals surface area contributed by atoms with Crippen molar-refractivity contribution >= 4 is 34.0 Å². The van der Waals surface area contributed by atoms with Crippen molar-refractivity contribution in [1.82, 2.24) is 5.32 Å². The third-order valence-electron chi connectivity index (χ3n) is 2.28. The van der Waals surface area contributed by atoms with Crippen LogP contribution >= 0.6 is 11.6 Å². The van der Waals surface area contributed by atoms with Gasteiger partial charge in [0.25, 0.3) is 11.6 Å². The lowest BCUT2D eigenvalue weighted by atomic mass is 10.2. The van der Waals surface area contributed by atoms with Gasteiger partial charge in [-0.2, -0.15) is 0 Å². The summed E-state index contributed by atoms with van der Waals surface area (Å²) in [5.74, 6) is -0.218. The average molecular weight is 305 g/mol. The maximum Gasteiger partial charge on any atom is 0.288 e. The van der Waals surface area contributed by atoms with Crippen molar-refractivity contribution in [2.24, 2.45) is 0 Å². The molecule has 0 saturated heterocycles. The largest absolute Gasteiger partial charge is 0.349 e. The highest BCUT2D eigenvalue weighted by Crippen LogP contribution is 2.27. The first-order chi connectivity index (χ1) is 8.82. The van der Waals surface area contributed by atoms with Gasteiger partial charge in [-0.3, -0.25) is 19.1 Å². The lowest BCUT2D eigenvalue weighted by Gasteiger charge is -2.13. The first kappa shape index (κ1) is 15.6. The number of nitro groups is 1. The van der Waals surface area contributed by atoms with Crippen LogP contribution in [0.3, 0.4) is 0 Å². The summed E-state index contributed by atoms with van der Waals surface area (Å²) in [6.07, 6.45) is 1.53. The van der Waals surface area contributed by atoms with Gasteiger partial charge < -0.3 is 5.32 Å². The fourth-order valence-corrected chi connectivity index (χ4v) is 2.60. The van der Waals surface area contributed by atoms with Crippen LogP contribution in [-0.2, 0) is 10.8 Å². The SMILES string of the molecule is CC(CS(C)=O)NC(=O)c1cccc([N+](=O)[O-])c1Cl. The molecule has 1 rings (SSSR count). The summed E-state index contributed by atoms with van der Waals surface area (Å²) in [6.45, 7) is 1.70. The molecule has 0 spiro atoms. The fourth-order valence-electron chi connectivity index (χ4n) is 1.53. The van der Waals surface area contributed by atoms with Gasteiger partial charge in [0.15, 0.2) is 0 Å². The Balaban J connectivity index is 2.92. The van der Waals surface area contributed by atoms with Crippen molar-refractivity contribution in [3.8, 4) is 0 Å². The lowest BCUT2D eigenvalue weighted by Crippen LogP contribution is -2.36. The van der Waals surface area contributed by atoms with E-state index in [2.05, 4.69) is 5.32 Å². The van der Waals surface area contributed by atoms with Crippen molar-refractivity contribution in [3.05, 3.63) is 38.9 Å². The zero-order valence-electron chi connectivity index (χ0n) is 10.4. The van der Waals surface area contributed by atoms with Crippen LogP contribution in [0.15, 0.2) is 18.2 Å². The predicted molar refractivity (Wildman–Crippen MR) is 74.0 cm³/mol. The van der Waals surface area contributed by atoms with Crippen LogP contribution in [-0.4, -0.2) is 33.1 Å². The maximum atomic E-state index is 11.9. The average Bonchev–Trinajstić information content (AvgIpc) is 2.27. The number of rotatable bonds is 5. The number of carbonyl (C=O) groups is 1. The van der Waals surface area contributed by atoms with E-state index < -0.39 is 21.6 Å². The molecule has 0 bridgehead atoms. The van der Waals surface area contributed by atoms with Crippen molar-refractivity contribution in [1.29, 1.82) is 0 Å². The van der Waals surface area contributed by atoms with E-state index in [-0.39, 0.29) is 22.3 Å². The third-order valence-corrected chi connectivity index (χ3v) is 3.65. The Morgan fingerprint density at radius 1 is 1.58 bits per heavy atom. The standard InChI is InChI=1S/C11H13ClN2O4S/c1-7(6-19(2)18)13-11(15)8-4-3-5-9(10(8)12)14(16)17/h3-5,7H,6H2,1-2H3,(H,13,15). The summed E-state index contributed by atoms with van der Waals surface area (Å²) in [4.78, 5) is 22.0. The molecule has 1 amide bonds. The Morgan fingerprint density at radius 3 is 2.74 bits per heavy atom. The van der Waals surface area contributed by atoms with Gasteiger partial charge in [0.05, 0.1) is 10.5 Å². The van der Waals surface area contributed by atoms with Crippen molar-refractivity contribution < 1.29 is 13.9 Å². The molecule has 8 heteroatoms.